The average molecular weight is 464 g/mol. The van der Waals surface area contributed by atoms with Gasteiger partial charge in [0, 0.05) is 12.8 Å². The number of carboxylic acid groups (broad SMARTS) is 1. The van der Waals surface area contributed by atoms with E-state index in [1.54, 1.807) is 0 Å². The normalized spacial score (nSPS) is 35.8. The van der Waals surface area contributed by atoms with Crippen LogP contribution < -0.4 is 0 Å². The molecule has 13 heteroatoms. The quantitative estimate of drug-likeness (QED) is 0.244. The number of ether oxygens (including phenoxy) is 5. The van der Waals surface area contributed by atoms with Crippen molar-refractivity contribution >= 4 is 17.9 Å². The topological polar surface area (TPSA) is 199 Å². The maximum atomic E-state index is 12.2. The van der Waals surface area contributed by atoms with E-state index in [2.05, 4.69) is 4.74 Å². The lowest BCUT2D eigenvalue weighted by molar-refractivity contribution is -0.345. The molecule has 0 saturated carbocycles. The summed E-state index contributed by atoms with van der Waals surface area (Å²) in [6.45, 7) is 1.88. The molecule has 1 saturated heterocycles. The summed E-state index contributed by atoms with van der Waals surface area (Å²) in [6, 6.07) is 0. The summed E-state index contributed by atoms with van der Waals surface area (Å²) in [7, 11) is 1.10. The summed E-state index contributed by atoms with van der Waals surface area (Å²) in [5.41, 5.74) is -0.132. The van der Waals surface area contributed by atoms with E-state index in [1.165, 1.54) is 6.92 Å². The van der Waals surface area contributed by atoms with Crippen LogP contribution in [-0.2, 0) is 38.1 Å². The molecule has 2 aliphatic heterocycles. The molecule has 9 atom stereocenters. The Balaban J connectivity index is 2.39. The lowest BCUT2D eigenvalue weighted by Gasteiger charge is -2.44. The van der Waals surface area contributed by atoms with Crippen molar-refractivity contribution in [1.29, 1.82) is 0 Å². The highest BCUT2D eigenvalue weighted by Crippen LogP contribution is 2.39. The second kappa shape index (κ2) is 11.0. The monoisotopic (exact) mass is 464 g/mol. The molecule has 32 heavy (non-hydrogen) atoms. The first-order valence-electron chi connectivity index (χ1n) is 9.80. The third kappa shape index (κ3) is 5.74. The predicted molar refractivity (Wildman–Crippen MR) is 100 cm³/mol. The lowest BCUT2D eigenvalue weighted by Crippen LogP contribution is -2.60. The number of aliphatic hydroxyl groups is 4. The zero-order valence-corrected chi connectivity index (χ0v) is 17.7. The summed E-state index contributed by atoms with van der Waals surface area (Å²) in [5.74, 6) is -4.98. The Bertz CT molecular complexity index is 720. The minimum atomic E-state index is -1.76. The average Bonchev–Trinajstić information content (AvgIpc) is 2.72. The van der Waals surface area contributed by atoms with E-state index in [0.29, 0.717) is 0 Å². The second-order valence-electron chi connectivity index (χ2n) is 7.50. The highest BCUT2D eigenvalue weighted by atomic mass is 16.8. The van der Waals surface area contributed by atoms with E-state index in [-0.39, 0.29) is 5.57 Å². The number of methoxy groups -OCH3 is 1. The maximum absolute atomic E-state index is 12.2. The van der Waals surface area contributed by atoms with Gasteiger partial charge < -0.3 is 49.2 Å². The summed E-state index contributed by atoms with van der Waals surface area (Å²) >= 11 is 0. The minimum absolute atomic E-state index is 0.132. The van der Waals surface area contributed by atoms with Crippen LogP contribution in [0.15, 0.2) is 11.8 Å². The van der Waals surface area contributed by atoms with Gasteiger partial charge in [0.05, 0.1) is 37.9 Å². The highest BCUT2D eigenvalue weighted by molar-refractivity contribution is 5.89. The van der Waals surface area contributed by atoms with Gasteiger partial charge in [0.15, 0.2) is 6.29 Å². The van der Waals surface area contributed by atoms with Crippen molar-refractivity contribution in [3.8, 4) is 0 Å². The molecule has 2 aliphatic rings. The van der Waals surface area contributed by atoms with Gasteiger partial charge in [-0.1, -0.05) is 0 Å². The van der Waals surface area contributed by atoms with Crippen molar-refractivity contribution in [3.05, 3.63) is 11.8 Å². The number of carbonyl (C=O) groups excluding carboxylic acids is 2. The highest BCUT2D eigenvalue weighted by Gasteiger charge is 2.50. The first kappa shape index (κ1) is 26.0. The number of aliphatic hydroxyl groups excluding tert-OH is 4. The van der Waals surface area contributed by atoms with Crippen LogP contribution in [0.4, 0.5) is 0 Å². The largest absolute Gasteiger partial charge is 0.481 e. The standard InChI is InChI=1S/C19H28O13/c1-7(30-8(2)21)13-9(4-12(22)23)10(17(27)28-3)6-29-18(13)32-19-16(26)15(25)14(24)11(5-20)31-19/h6-7,9,11,13-16,18-20,24-26H,4-5H2,1-3H3,(H,22,23)/t7?,9-,11-,13-,14-,15+,16-,18+,19+/m1/s1. The molecule has 0 aliphatic carbocycles. The Morgan fingerprint density at radius 3 is 2.31 bits per heavy atom. The van der Waals surface area contributed by atoms with Crippen molar-refractivity contribution in [2.45, 2.75) is 63.4 Å². The van der Waals surface area contributed by atoms with Gasteiger partial charge in [0.2, 0.25) is 6.29 Å². The number of hydrogen-bond donors (Lipinski definition) is 5. The SMILES string of the molecule is COC(=O)C1=CO[C@@H](O[C@@H]2O[C@H](CO)[C@@H](O)[C@H](O)[C@H]2O)[C@H](C(C)OC(C)=O)[C@@H]1CC(=O)O. The first-order chi connectivity index (χ1) is 15.0. The molecular formula is C19H28O13. The van der Waals surface area contributed by atoms with Crippen LogP contribution >= 0.6 is 0 Å². The molecule has 182 valence electrons. The fraction of sp³-hybridized carbons (Fsp3) is 0.737. The predicted octanol–water partition coefficient (Wildman–Crippen LogP) is -2.13. The molecule has 0 aromatic heterocycles. The van der Waals surface area contributed by atoms with Crippen LogP contribution in [0.2, 0.25) is 0 Å². The van der Waals surface area contributed by atoms with Crippen LogP contribution in [0.3, 0.4) is 0 Å². The number of carbonyl (C=O) groups is 3. The molecule has 0 spiro atoms. The Labute approximate surface area is 183 Å². The molecule has 1 fully saturated rings. The van der Waals surface area contributed by atoms with Crippen LogP contribution in [0.25, 0.3) is 0 Å². The fourth-order valence-electron chi connectivity index (χ4n) is 3.79. The van der Waals surface area contributed by atoms with Gasteiger partial charge >= 0.3 is 17.9 Å². The summed E-state index contributed by atoms with van der Waals surface area (Å²) in [5, 5.41) is 48.9. The van der Waals surface area contributed by atoms with Gasteiger partial charge in [-0.25, -0.2) is 4.79 Å². The van der Waals surface area contributed by atoms with E-state index in [1.807, 2.05) is 0 Å². The van der Waals surface area contributed by atoms with Crippen molar-refractivity contribution in [2.24, 2.45) is 11.8 Å². The van der Waals surface area contributed by atoms with Gasteiger partial charge in [-0.2, -0.15) is 0 Å². The van der Waals surface area contributed by atoms with Crippen molar-refractivity contribution < 1.29 is 63.6 Å². The van der Waals surface area contributed by atoms with E-state index in [9.17, 15) is 39.9 Å². The Kier molecular flexibility index (Phi) is 8.95. The van der Waals surface area contributed by atoms with Gasteiger partial charge in [-0.05, 0) is 6.92 Å². The van der Waals surface area contributed by atoms with Crippen LogP contribution in [0.5, 0.6) is 0 Å². The summed E-state index contributed by atoms with van der Waals surface area (Å²) < 4.78 is 26.3. The zero-order chi connectivity index (χ0) is 24.2. The van der Waals surface area contributed by atoms with Gasteiger partial charge in [-0.3, -0.25) is 9.59 Å². The minimum Gasteiger partial charge on any atom is -0.481 e. The van der Waals surface area contributed by atoms with Gasteiger partial charge in [0.1, 0.15) is 30.5 Å². The van der Waals surface area contributed by atoms with Gasteiger partial charge in [0.25, 0.3) is 0 Å². The number of esters is 2. The molecule has 0 bridgehead atoms. The Hall–Kier alpha value is -2.29. The first-order valence-corrected chi connectivity index (χ1v) is 9.80. The van der Waals surface area contributed by atoms with Crippen LogP contribution in [-0.4, -0.2) is 100 Å². The fourth-order valence-corrected chi connectivity index (χ4v) is 3.79. The molecule has 0 radical (unpaired) electrons. The third-order valence-corrected chi connectivity index (χ3v) is 5.33. The molecule has 5 N–H and O–H groups in total. The van der Waals surface area contributed by atoms with Gasteiger partial charge in [-0.15, -0.1) is 0 Å². The molecule has 1 unspecified atom stereocenters. The molecular weight excluding hydrogens is 436 g/mol. The molecule has 13 nitrogen and oxygen atoms in total. The van der Waals surface area contributed by atoms with E-state index in [0.717, 1.165) is 20.3 Å². The second-order valence-corrected chi connectivity index (χ2v) is 7.50. The smallest absolute Gasteiger partial charge is 0.337 e. The number of hydrogen-bond acceptors (Lipinski definition) is 12. The van der Waals surface area contributed by atoms with E-state index in [4.69, 9.17) is 18.9 Å². The number of rotatable bonds is 8. The van der Waals surface area contributed by atoms with Crippen molar-refractivity contribution in [3.63, 3.8) is 0 Å². The molecule has 2 heterocycles. The van der Waals surface area contributed by atoms with Crippen LogP contribution in [0.1, 0.15) is 20.3 Å². The third-order valence-electron chi connectivity index (χ3n) is 5.33. The zero-order valence-electron chi connectivity index (χ0n) is 17.7. The number of aliphatic carboxylic acids is 1. The molecule has 2 rings (SSSR count). The van der Waals surface area contributed by atoms with E-state index >= 15 is 0 Å². The Morgan fingerprint density at radius 1 is 1.12 bits per heavy atom. The molecule has 0 aromatic rings. The molecule has 0 amide bonds. The summed E-state index contributed by atoms with van der Waals surface area (Å²) in [6.07, 6.45) is -10.0. The number of carboxylic acids is 1. The van der Waals surface area contributed by atoms with Crippen molar-refractivity contribution in [2.75, 3.05) is 13.7 Å². The Morgan fingerprint density at radius 2 is 1.78 bits per heavy atom. The molecule has 0 aromatic carbocycles. The van der Waals surface area contributed by atoms with Crippen LogP contribution in [0, 0.1) is 11.8 Å². The van der Waals surface area contributed by atoms with Crippen molar-refractivity contribution in [1.82, 2.24) is 0 Å². The summed E-state index contributed by atoms with van der Waals surface area (Å²) in [4.78, 5) is 35.2. The maximum Gasteiger partial charge on any atom is 0.337 e. The lowest BCUT2D eigenvalue weighted by atomic mass is 9.78. The van der Waals surface area contributed by atoms with E-state index < -0.39 is 85.9 Å².